The van der Waals surface area contributed by atoms with E-state index in [0.29, 0.717) is 6.54 Å². The smallest absolute Gasteiger partial charge is 0.294 e. The Morgan fingerprint density at radius 3 is 2.04 bits per heavy atom. The molecule has 0 fully saturated rings. The zero-order valence-electron chi connectivity index (χ0n) is 14.8. The van der Waals surface area contributed by atoms with Crippen molar-refractivity contribution in [3.63, 3.8) is 0 Å². The predicted molar refractivity (Wildman–Crippen MR) is 102 cm³/mol. The highest BCUT2D eigenvalue weighted by atomic mass is 32.2. The number of carbonyl (C=O) groups is 1. The minimum absolute atomic E-state index is 0.0741. The van der Waals surface area contributed by atoms with Crippen molar-refractivity contribution in [2.24, 2.45) is 5.73 Å². The molecule has 0 unspecified atom stereocenters. The van der Waals surface area contributed by atoms with Gasteiger partial charge < -0.3 is 11.1 Å². The van der Waals surface area contributed by atoms with E-state index >= 15 is 0 Å². The molecule has 0 aliphatic rings. The second kappa shape index (κ2) is 11.4. The van der Waals surface area contributed by atoms with E-state index in [1.807, 2.05) is 30.3 Å². The molecule has 6 nitrogen and oxygen atoms in total. The molecule has 0 aromatic heterocycles. The number of rotatable bonds is 7. The van der Waals surface area contributed by atoms with Crippen molar-refractivity contribution in [2.75, 3.05) is 6.54 Å². The Hall–Kier alpha value is -2.22. The molecule has 4 N–H and O–H groups in total. The van der Waals surface area contributed by atoms with E-state index in [2.05, 4.69) is 12.2 Å². The van der Waals surface area contributed by atoms with Gasteiger partial charge in [0.25, 0.3) is 10.1 Å². The Morgan fingerprint density at radius 2 is 1.58 bits per heavy atom. The van der Waals surface area contributed by atoms with Crippen molar-refractivity contribution in [2.45, 2.75) is 37.1 Å². The lowest BCUT2D eigenvalue weighted by molar-refractivity contribution is -0.122. The predicted octanol–water partition coefficient (Wildman–Crippen LogP) is 2.93. The van der Waals surface area contributed by atoms with Crippen molar-refractivity contribution >= 4 is 16.0 Å². The summed E-state index contributed by atoms with van der Waals surface area (Å²) in [4.78, 5) is 11.6. The highest BCUT2D eigenvalue weighted by Crippen LogP contribution is 2.09. The molecule has 1 amide bonds. The summed E-state index contributed by atoms with van der Waals surface area (Å²) in [5.74, 6) is -0.0951. The summed E-state index contributed by atoms with van der Waals surface area (Å²) in [6.07, 6.45) is 3.31. The maximum atomic E-state index is 11.7. The molecule has 0 saturated carbocycles. The second-order valence-corrected chi connectivity index (χ2v) is 7.10. The van der Waals surface area contributed by atoms with Gasteiger partial charge in [-0.2, -0.15) is 8.42 Å². The quantitative estimate of drug-likeness (QED) is 0.507. The molecule has 0 saturated heterocycles. The summed E-state index contributed by atoms with van der Waals surface area (Å²) in [6.45, 7) is 2.85. The minimum Gasteiger partial charge on any atom is -0.354 e. The fourth-order valence-electron chi connectivity index (χ4n) is 2.10. The van der Waals surface area contributed by atoms with Gasteiger partial charge in [0, 0.05) is 6.54 Å². The third-order valence-electron chi connectivity index (χ3n) is 3.56. The van der Waals surface area contributed by atoms with Gasteiger partial charge in [0.15, 0.2) is 0 Å². The molecule has 7 heteroatoms. The highest BCUT2D eigenvalue weighted by molar-refractivity contribution is 7.85. The van der Waals surface area contributed by atoms with Crippen LogP contribution in [0.5, 0.6) is 0 Å². The summed E-state index contributed by atoms with van der Waals surface area (Å²) in [7, 11) is -4.00. The van der Waals surface area contributed by atoms with Gasteiger partial charge >= 0.3 is 0 Å². The first-order valence-electron chi connectivity index (χ1n) is 8.47. The molecular weight excluding hydrogens is 352 g/mol. The van der Waals surface area contributed by atoms with Crippen LogP contribution in [0.4, 0.5) is 0 Å². The van der Waals surface area contributed by atoms with Gasteiger partial charge in [-0.3, -0.25) is 9.35 Å². The number of unbranched alkanes of at least 4 members (excludes halogenated alkanes) is 2. The molecule has 2 aromatic rings. The summed E-state index contributed by atoms with van der Waals surface area (Å²) >= 11 is 0. The average molecular weight is 378 g/mol. The molecule has 1 atom stereocenters. The number of carbonyl (C=O) groups excluding carboxylic acids is 1. The Kier molecular flexibility index (Phi) is 9.57. The summed E-state index contributed by atoms with van der Waals surface area (Å²) < 4.78 is 29.2. The minimum atomic E-state index is -4.00. The molecule has 0 aliphatic carbocycles. The Balaban J connectivity index is 0.000000289. The highest BCUT2D eigenvalue weighted by Gasteiger charge is 2.14. The van der Waals surface area contributed by atoms with Crippen LogP contribution in [-0.4, -0.2) is 25.4 Å². The molecule has 0 heterocycles. The molecule has 0 aliphatic heterocycles. The van der Waals surface area contributed by atoms with E-state index in [-0.39, 0.29) is 10.8 Å². The Labute approximate surface area is 155 Å². The lowest BCUT2D eigenvalue weighted by atomic mass is 10.1. The van der Waals surface area contributed by atoms with Gasteiger partial charge in [0.2, 0.25) is 5.91 Å². The third-order valence-corrected chi connectivity index (χ3v) is 4.43. The van der Waals surface area contributed by atoms with Gasteiger partial charge in [-0.05, 0) is 24.1 Å². The molecule has 2 rings (SSSR count). The van der Waals surface area contributed by atoms with E-state index in [0.717, 1.165) is 24.8 Å². The van der Waals surface area contributed by atoms with Crippen LogP contribution in [0.3, 0.4) is 0 Å². The monoisotopic (exact) mass is 378 g/mol. The molecule has 26 heavy (non-hydrogen) atoms. The number of hydrogen-bond donors (Lipinski definition) is 3. The van der Waals surface area contributed by atoms with Crippen LogP contribution in [-0.2, 0) is 14.9 Å². The maximum absolute atomic E-state index is 11.7. The van der Waals surface area contributed by atoms with Crippen LogP contribution in [0.2, 0.25) is 0 Å². The van der Waals surface area contributed by atoms with Crippen LogP contribution < -0.4 is 11.1 Å². The Morgan fingerprint density at radius 1 is 1.04 bits per heavy atom. The number of benzene rings is 2. The zero-order valence-corrected chi connectivity index (χ0v) is 15.7. The molecule has 2 aromatic carbocycles. The SMILES string of the molecule is CCCCCNC(=O)[C@@H](N)c1ccccc1.O=S(=O)(O)c1ccccc1. The van der Waals surface area contributed by atoms with Crippen LogP contribution >= 0.6 is 0 Å². The van der Waals surface area contributed by atoms with Gasteiger partial charge in [0.1, 0.15) is 6.04 Å². The first-order valence-corrected chi connectivity index (χ1v) is 9.91. The van der Waals surface area contributed by atoms with E-state index in [4.69, 9.17) is 10.3 Å². The summed E-state index contributed by atoms with van der Waals surface area (Å²) in [6, 6.07) is 16.3. The number of nitrogens with two attached hydrogens (primary N) is 1. The molecule has 0 spiro atoms. The topological polar surface area (TPSA) is 109 Å². The lowest BCUT2D eigenvalue weighted by Gasteiger charge is -2.12. The van der Waals surface area contributed by atoms with Gasteiger partial charge in [0.05, 0.1) is 4.90 Å². The lowest BCUT2D eigenvalue weighted by Crippen LogP contribution is -2.34. The number of hydrogen-bond acceptors (Lipinski definition) is 4. The van der Waals surface area contributed by atoms with Gasteiger partial charge in [-0.15, -0.1) is 0 Å². The van der Waals surface area contributed by atoms with Crippen molar-refractivity contribution in [1.29, 1.82) is 0 Å². The number of amides is 1. The maximum Gasteiger partial charge on any atom is 0.294 e. The van der Waals surface area contributed by atoms with Crippen molar-refractivity contribution in [3.05, 3.63) is 66.2 Å². The second-order valence-electron chi connectivity index (χ2n) is 5.67. The van der Waals surface area contributed by atoms with Crippen LogP contribution in [0.1, 0.15) is 37.8 Å². The van der Waals surface area contributed by atoms with Crippen molar-refractivity contribution in [3.8, 4) is 0 Å². The Bertz CT molecular complexity index is 750. The fraction of sp³-hybridized carbons (Fsp3) is 0.316. The van der Waals surface area contributed by atoms with Crippen molar-refractivity contribution < 1.29 is 17.8 Å². The fourth-order valence-corrected chi connectivity index (χ4v) is 2.60. The van der Waals surface area contributed by atoms with Gasteiger partial charge in [-0.25, -0.2) is 0 Å². The third kappa shape index (κ3) is 8.24. The van der Waals surface area contributed by atoms with Crippen LogP contribution in [0.25, 0.3) is 0 Å². The molecule has 0 radical (unpaired) electrons. The van der Waals surface area contributed by atoms with E-state index in [1.165, 1.54) is 12.1 Å². The molecular formula is C19H26N2O4S. The van der Waals surface area contributed by atoms with E-state index in [9.17, 15) is 13.2 Å². The zero-order chi connectivity index (χ0) is 19.4. The summed E-state index contributed by atoms with van der Waals surface area (Å²) in [5, 5.41) is 2.85. The first kappa shape index (κ1) is 21.8. The average Bonchev–Trinajstić information content (AvgIpc) is 2.66. The largest absolute Gasteiger partial charge is 0.354 e. The van der Waals surface area contributed by atoms with Crippen LogP contribution in [0.15, 0.2) is 65.6 Å². The first-order chi connectivity index (χ1) is 12.4. The number of nitrogens with one attached hydrogen (secondary N) is 1. The van der Waals surface area contributed by atoms with Crippen molar-refractivity contribution in [1.82, 2.24) is 5.32 Å². The molecule has 0 bridgehead atoms. The summed E-state index contributed by atoms with van der Waals surface area (Å²) in [5.41, 5.74) is 6.70. The van der Waals surface area contributed by atoms with E-state index < -0.39 is 16.2 Å². The molecule has 142 valence electrons. The van der Waals surface area contributed by atoms with Gasteiger partial charge in [-0.1, -0.05) is 68.3 Å². The van der Waals surface area contributed by atoms with Crippen LogP contribution in [0, 0.1) is 0 Å². The van der Waals surface area contributed by atoms with E-state index in [1.54, 1.807) is 18.2 Å². The normalized spacial score (nSPS) is 11.8. The standard InChI is InChI=1S/C13H20N2O.C6H6O3S/c1-2-3-7-10-15-13(16)12(14)11-8-5-4-6-9-11;7-10(8,9)6-4-2-1-3-5-6/h4-6,8-9,12H,2-3,7,10,14H2,1H3,(H,15,16);1-5H,(H,7,8,9)/t12-;/m0./s1.